The first kappa shape index (κ1) is 13.4. The van der Waals surface area contributed by atoms with Gasteiger partial charge in [-0.1, -0.05) is 6.07 Å². The van der Waals surface area contributed by atoms with Gasteiger partial charge in [0.25, 0.3) is 0 Å². The predicted octanol–water partition coefficient (Wildman–Crippen LogP) is 2.19. The number of nitrogens with one attached hydrogen (secondary N) is 1. The van der Waals surface area contributed by atoms with E-state index in [4.69, 9.17) is 4.74 Å². The Bertz CT molecular complexity index is 395. The lowest BCUT2D eigenvalue weighted by molar-refractivity contribution is -0.0147. The lowest BCUT2D eigenvalue weighted by Crippen LogP contribution is -2.36. The molecule has 0 saturated carbocycles. The Kier molecular flexibility index (Phi) is 4.25. The molecule has 3 nitrogen and oxygen atoms in total. The predicted molar refractivity (Wildman–Crippen MR) is 73.1 cm³/mol. The van der Waals surface area contributed by atoms with Crippen molar-refractivity contribution in [3.8, 4) is 5.75 Å². The second-order valence-electron chi connectivity index (χ2n) is 5.36. The summed E-state index contributed by atoms with van der Waals surface area (Å²) in [5.74, 6) is 0.851. The van der Waals surface area contributed by atoms with Gasteiger partial charge in [0.05, 0.1) is 5.60 Å². The molecule has 18 heavy (non-hydrogen) atoms. The van der Waals surface area contributed by atoms with Gasteiger partial charge in [-0.25, -0.2) is 0 Å². The van der Waals surface area contributed by atoms with Gasteiger partial charge in [0.1, 0.15) is 12.4 Å². The molecular formula is C15H23NO2. The van der Waals surface area contributed by atoms with E-state index in [0.29, 0.717) is 6.61 Å². The first-order chi connectivity index (χ1) is 8.59. The van der Waals surface area contributed by atoms with E-state index in [9.17, 15) is 5.11 Å². The molecule has 0 bridgehead atoms. The average Bonchev–Trinajstić information content (AvgIpc) is 2.56. The van der Waals surface area contributed by atoms with Gasteiger partial charge in [0.15, 0.2) is 0 Å². The quantitative estimate of drug-likeness (QED) is 0.863. The number of aliphatic hydroxyl groups is 1. The Morgan fingerprint density at radius 2 is 2.06 bits per heavy atom. The standard InChI is InChI=1S/C15H23NO2/c1-12-4-5-14(10-13(12)2)18-11-15(17)6-3-8-16-9-7-15/h4-5,10,16-17H,3,6-9,11H2,1-2H3/t15-/m0/s1. The van der Waals surface area contributed by atoms with Gasteiger partial charge in [-0.05, 0) is 69.5 Å². The largest absolute Gasteiger partial charge is 0.491 e. The maximum Gasteiger partial charge on any atom is 0.119 e. The van der Waals surface area contributed by atoms with Gasteiger partial charge < -0.3 is 15.2 Å². The van der Waals surface area contributed by atoms with E-state index in [0.717, 1.165) is 38.1 Å². The van der Waals surface area contributed by atoms with E-state index < -0.39 is 5.60 Å². The van der Waals surface area contributed by atoms with Gasteiger partial charge in [-0.3, -0.25) is 0 Å². The third kappa shape index (κ3) is 3.47. The van der Waals surface area contributed by atoms with Crippen molar-refractivity contribution in [2.24, 2.45) is 0 Å². The molecule has 1 heterocycles. The van der Waals surface area contributed by atoms with E-state index >= 15 is 0 Å². The van der Waals surface area contributed by atoms with Crippen LogP contribution in [-0.4, -0.2) is 30.4 Å². The fourth-order valence-electron chi connectivity index (χ4n) is 2.28. The van der Waals surface area contributed by atoms with Crippen molar-refractivity contribution >= 4 is 0 Å². The van der Waals surface area contributed by atoms with Crippen LogP contribution in [0.1, 0.15) is 30.4 Å². The van der Waals surface area contributed by atoms with Crippen LogP contribution in [0.3, 0.4) is 0 Å². The average molecular weight is 249 g/mol. The zero-order chi connectivity index (χ0) is 13.0. The highest BCUT2D eigenvalue weighted by atomic mass is 16.5. The smallest absolute Gasteiger partial charge is 0.119 e. The summed E-state index contributed by atoms with van der Waals surface area (Å²) < 4.78 is 5.76. The molecule has 0 aliphatic carbocycles. The summed E-state index contributed by atoms with van der Waals surface area (Å²) in [4.78, 5) is 0. The topological polar surface area (TPSA) is 41.5 Å². The van der Waals surface area contributed by atoms with Crippen LogP contribution >= 0.6 is 0 Å². The van der Waals surface area contributed by atoms with Crippen molar-refractivity contribution in [2.75, 3.05) is 19.7 Å². The summed E-state index contributed by atoms with van der Waals surface area (Å²) in [6.07, 6.45) is 2.58. The van der Waals surface area contributed by atoms with Gasteiger partial charge in [-0.2, -0.15) is 0 Å². The summed E-state index contributed by atoms with van der Waals surface area (Å²) in [5.41, 5.74) is 1.81. The van der Waals surface area contributed by atoms with Crippen LogP contribution in [0.25, 0.3) is 0 Å². The van der Waals surface area contributed by atoms with Crippen LogP contribution in [0.2, 0.25) is 0 Å². The molecule has 1 aromatic rings. The second kappa shape index (κ2) is 5.72. The molecule has 1 aromatic carbocycles. The minimum Gasteiger partial charge on any atom is -0.491 e. The fraction of sp³-hybridized carbons (Fsp3) is 0.600. The van der Waals surface area contributed by atoms with Gasteiger partial charge in [0.2, 0.25) is 0 Å². The summed E-state index contributed by atoms with van der Waals surface area (Å²) in [7, 11) is 0. The molecule has 2 rings (SSSR count). The van der Waals surface area contributed by atoms with E-state index in [1.54, 1.807) is 0 Å². The Hall–Kier alpha value is -1.06. The lowest BCUT2D eigenvalue weighted by Gasteiger charge is -2.26. The Morgan fingerprint density at radius 1 is 1.22 bits per heavy atom. The van der Waals surface area contributed by atoms with Crippen molar-refractivity contribution in [3.05, 3.63) is 29.3 Å². The summed E-state index contributed by atoms with van der Waals surface area (Å²) in [6, 6.07) is 6.07. The summed E-state index contributed by atoms with van der Waals surface area (Å²) in [6.45, 7) is 6.41. The highest BCUT2D eigenvalue weighted by Crippen LogP contribution is 2.22. The minimum absolute atomic E-state index is 0.386. The maximum absolute atomic E-state index is 10.5. The molecule has 0 aromatic heterocycles. The molecule has 2 N–H and O–H groups in total. The molecule has 1 fully saturated rings. The van der Waals surface area contributed by atoms with Gasteiger partial charge >= 0.3 is 0 Å². The third-order valence-electron chi connectivity index (χ3n) is 3.75. The van der Waals surface area contributed by atoms with Crippen molar-refractivity contribution < 1.29 is 9.84 Å². The zero-order valence-corrected chi connectivity index (χ0v) is 11.3. The second-order valence-corrected chi connectivity index (χ2v) is 5.36. The molecule has 100 valence electrons. The molecule has 0 unspecified atom stereocenters. The number of rotatable bonds is 3. The summed E-state index contributed by atoms with van der Waals surface area (Å²) in [5, 5.41) is 13.8. The molecule has 1 atom stereocenters. The van der Waals surface area contributed by atoms with Crippen LogP contribution in [0.5, 0.6) is 5.75 Å². The Labute approximate surface area is 109 Å². The van der Waals surface area contributed by atoms with E-state index in [-0.39, 0.29) is 0 Å². The minimum atomic E-state index is -0.678. The summed E-state index contributed by atoms with van der Waals surface area (Å²) >= 11 is 0. The highest BCUT2D eigenvalue weighted by molar-refractivity contribution is 5.33. The van der Waals surface area contributed by atoms with Crippen molar-refractivity contribution in [2.45, 2.75) is 38.7 Å². The van der Waals surface area contributed by atoms with Crippen LogP contribution in [0, 0.1) is 13.8 Å². The van der Waals surface area contributed by atoms with Crippen LogP contribution < -0.4 is 10.1 Å². The number of aryl methyl sites for hydroxylation is 2. The number of hydrogen-bond donors (Lipinski definition) is 2. The number of ether oxygens (including phenoxy) is 1. The molecule has 3 heteroatoms. The molecule has 1 saturated heterocycles. The molecule has 0 amide bonds. The monoisotopic (exact) mass is 249 g/mol. The van der Waals surface area contributed by atoms with Crippen molar-refractivity contribution in [3.63, 3.8) is 0 Å². The number of hydrogen-bond acceptors (Lipinski definition) is 3. The molecular weight excluding hydrogens is 226 g/mol. The van der Waals surface area contributed by atoms with E-state index in [2.05, 4.69) is 25.2 Å². The molecule has 1 aliphatic rings. The van der Waals surface area contributed by atoms with Gasteiger partial charge in [0, 0.05) is 0 Å². The fourth-order valence-corrected chi connectivity index (χ4v) is 2.28. The lowest BCUT2D eigenvalue weighted by atomic mass is 9.96. The van der Waals surface area contributed by atoms with Crippen LogP contribution in [0.4, 0.5) is 0 Å². The van der Waals surface area contributed by atoms with Crippen LogP contribution in [0.15, 0.2) is 18.2 Å². The third-order valence-corrected chi connectivity index (χ3v) is 3.75. The molecule has 0 radical (unpaired) electrons. The SMILES string of the molecule is Cc1ccc(OC[C@]2(O)CCCNCC2)cc1C. The Balaban J connectivity index is 1.95. The van der Waals surface area contributed by atoms with Crippen molar-refractivity contribution in [1.29, 1.82) is 0 Å². The number of benzene rings is 1. The first-order valence-corrected chi connectivity index (χ1v) is 6.72. The maximum atomic E-state index is 10.5. The van der Waals surface area contributed by atoms with Gasteiger partial charge in [-0.15, -0.1) is 0 Å². The van der Waals surface area contributed by atoms with Crippen LogP contribution in [-0.2, 0) is 0 Å². The zero-order valence-electron chi connectivity index (χ0n) is 11.3. The molecule has 1 aliphatic heterocycles. The normalized spacial score (nSPS) is 24.6. The highest BCUT2D eigenvalue weighted by Gasteiger charge is 2.28. The first-order valence-electron chi connectivity index (χ1n) is 6.72. The van der Waals surface area contributed by atoms with E-state index in [1.807, 2.05) is 12.1 Å². The molecule has 0 spiro atoms. The van der Waals surface area contributed by atoms with Crippen molar-refractivity contribution in [1.82, 2.24) is 5.32 Å². The Morgan fingerprint density at radius 3 is 2.83 bits per heavy atom. The van der Waals surface area contributed by atoms with E-state index in [1.165, 1.54) is 11.1 Å².